The Morgan fingerprint density at radius 1 is 1.10 bits per heavy atom. The van der Waals surface area contributed by atoms with Gasteiger partial charge < -0.3 is 5.32 Å². The van der Waals surface area contributed by atoms with E-state index in [1.54, 1.807) is 13.1 Å². The SMILES string of the molecule is CNC(Cc1cccc(F)c1F)c1cc(Br)cc(Br)c1. The molecule has 2 aromatic carbocycles. The summed E-state index contributed by atoms with van der Waals surface area (Å²) in [6.07, 6.45) is 0.378. The van der Waals surface area contributed by atoms with Crippen molar-refractivity contribution in [3.05, 3.63) is 68.1 Å². The van der Waals surface area contributed by atoms with Crippen LogP contribution in [0.3, 0.4) is 0 Å². The van der Waals surface area contributed by atoms with Crippen molar-refractivity contribution in [2.45, 2.75) is 12.5 Å². The molecule has 0 spiro atoms. The first kappa shape index (κ1) is 15.6. The molecule has 106 valence electrons. The molecule has 0 radical (unpaired) electrons. The molecule has 0 aliphatic carbocycles. The van der Waals surface area contributed by atoms with Gasteiger partial charge in [0.05, 0.1) is 0 Å². The lowest BCUT2D eigenvalue weighted by atomic mass is 9.98. The van der Waals surface area contributed by atoms with Crippen molar-refractivity contribution < 1.29 is 8.78 Å². The highest BCUT2D eigenvalue weighted by atomic mass is 79.9. The van der Waals surface area contributed by atoms with E-state index in [4.69, 9.17) is 0 Å². The van der Waals surface area contributed by atoms with Crippen molar-refractivity contribution >= 4 is 31.9 Å². The van der Waals surface area contributed by atoms with E-state index in [9.17, 15) is 8.78 Å². The molecule has 0 saturated carbocycles. The van der Waals surface area contributed by atoms with Gasteiger partial charge in [0.15, 0.2) is 11.6 Å². The van der Waals surface area contributed by atoms with Gasteiger partial charge >= 0.3 is 0 Å². The fourth-order valence-electron chi connectivity index (χ4n) is 2.09. The Kier molecular flexibility index (Phi) is 5.29. The van der Waals surface area contributed by atoms with Crippen molar-refractivity contribution in [1.29, 1.82) is 0 Å². The number of benzene rings is 2. The standard InChI is InChI=1S/C15H13Br2F2N/c1-20-14(10-5-11(16)8-12(17)6-10)7-9-3-2-4-13(18)15(9)19/h2-6,8,14,20H,7H2,1H3. The highest BCUT2D eigenvalue weighted by Crippen LogP contribution is 2.27. The molecule has 0 aliphatic rings. The number of likely N-dealkylation sites (N-methyl/N-ethyl adjacent to an activating group) is 1. The van der Waals surface area contributed by atoms with Gasteiger partial charge in [0, 0.05) is 15.0 Å². The second kappa shape index (κ2) is 6.78. The van der Waals surface area contributed by atoms with E-state index in [0.717, 1.165) is 20.6 Å². The molecule has 0 bridgehead atoms. The summed E-state index contributed by atoms with van der Waals surface area (Å²) in [7, 11) is 1.80. The smallest absolute Gasteiger partial charge is 0.162 e. The lowest BCUT2D eigenvalue weighted by molar-refractivity contribution is 0.487. The molecule has 1 N–H and O–H groups in total. The molecule has 20 heavy (non-hydrogen) atoms. The minimum Gasteiger partial charge on any atom is -0.313 e. The summed E-state index contributed by atoms with van der Waals surface area (Å²) in [6.45, 7) is 0. The predicted octanol–water partition coefficient (Wildman–Crippen LogP) is 4.99. The van der Waals surface area contributed by atoms with Crippen LogP contribution < -0.4 is 5.32 Å². The molecule has 5 heteroatoms. The van der Waals surface area contributed by atoms with E-state index < -0.39 is 11.6 Å². The van der Waals surface area contributed by atoms with Gasteiger partial charge in [-0.2, -0.15) is 0 Å². The van der Waals surface area contributed by atoms with Crippen LogP contribution in [0.1, 0.15) is 17.2 Å². The molecule has 0 saturated heterocycles. The van der Waals surface area contributed by atoms with Gasteiger partial charge in [-0.15, -0.1) is 0 Å². The first-order chi connectivity index (χ1) is 9.51. The molecule has 0 heterocycles. The second-order valence-corrected chi connectivity index (χ2v) is 6.29. The molecule has 2 aromatic rings. The summed E-state index contributed by atoms with van der Waals surface area (Å²) in [5.41, 5.74) is 1.36. The van der Waals surface area contributed by atoms with Gasteiger partial charge in [-0.05, 0) is 48.9 Å². The highest BCUT2D eigenvalue weighted by molar-refractivity contribution is 9.11. The normalized spacial score (nSPS) is 12.4. The van der Waals surface area contributed by atoms with Crippen LogP contribution in [-0.2, 0) is 6.42 Å². The largest absolute Gasteiger partial charge is 0.313 e. The molecule has 1 unspecified atom stereocenters. The van der Waals surface area contributed by atoms with Crippen molar-refractivity contribution in [3.63, 3.8) is 0 Å². The van der Waals surface area contributed by atoms with Crippen molar-refractivity contribution in [2.75, 3.05) is 7.05 Å². The third kappa shape index (κ3) is 3.65. The van der Waals surface area contributed by atoms with Gasteiger partial charge in [-0.3, -0.25) is 0 Å². The van der Waals surface area contributed by atoms with E-state index >= 15 is 0 Å². The molecule has 2 rings (SSSR count). The molecule has 0 aliphatic heterocycles. The van der Waals surface area contributed by atoms with Gasteiger partial charge in [0.2, 0.25) is 0 Å². The molecule has 1 atom stereocenters. The Bertz CT molecular complexity index is 597. The lowest BCUT2D eigenvalue weighted by Gasteiger charge is -2.18. The van der Waals surface area contributed by atoms with Crippen LogP contribution in [0.25, 0.3) is 0 Å². The van der Waals surface area contributed by atoms with Crippen LogP contribution >= 0.6 is 31.9 Å². The van der Waals surface area contributed by atoms with Crippen LogP contribution in [-0.4, -0.2) is 7.05 Å². The van der Waals surface area contributed by atoms with E-state index in [0.29, 0.717) is 12.0 Å². The average molecular weight is 405 g/mol. The van der Waals surface area contributed by atoms with Crippen LogP contribution in [0.2, 0.25) is 0 Å². The van der Waals surface area contributed by atoms with Crippen molar-refractivity contribution in [1.82, 2.24) is 5.32 Å². The van der Waals surface area contributed by atoms with Gasteiger partial charge in [0.25, 0.3) is 0 Å². The number of hydrogen-bond acceptors (Lipinski definition) is 1. The fourth-order valence-corrected chi connectivity index (χ4v) is 3.42. The summed E-state index contributed by atoms with van der Waals surface area (Å²) in [5, 5.41) is 3.14. The maximum atomic E-state index is 13.8. The Morgan fingerprint density at radius 3 is 2.35 bits per heavy atom. The minimum absolute atomic E-state index is 0.0971. The summed E-state index contributed by atoms with van der Waals surface area (Å²) in [5.74, 6) is -1.59. The molecular weight excluding hydrogens is 392 g/mol. The summed E-state index contributed by atoms with van der Waals surface area (Å²) >= 11 is 6.86. The maximum absolute atomic E-state index is 13.8. The van der Waals surface area contributed by atoms with E-state index in [2.05, 4.69) is 37.2 Å². The monoisotopic (exact) mass is 403 g/mol. The maximum Gasteiger partial charge on any atom is 0.162 e. The minimum atomic E-state index is -0.812. The predicted molar refractivity (Wildman–Crippen MR) is 83.7 cm³/mol. The first-order valence-electron chi connectivity index (χ1n) is 6.07. The quantitative estimate of drug-likeness (QED) is 0.756. The van der Waals surface area contributed by atoms with Gasteiger partial charge in [0.1, 0.15) is 0 Å². The number of hydrogen-bond donors (Lipinski definition) is 1. The molecule has 0 amide bonds. The summed E-state index contributed by atoms with van der Waals surface area (Å²) < 4.78 is 28.9. The van der Waals surface area contributed by atoms with Crippen LogP contribution in [0.4, 0.5) is 8.78 Å². The fraction of sp³-hybridized carbons (Fsp3) is 0.200. The van der Waals surface area contributed by atoms with Crippen LogP contribution in [0.5, 0.6) is 0 Å². The molecule has 0 fully saturated rings. The first-order valence-corrected chi connectivity index (χ1v) is 7.66. The van der Waals surface area contributed by atoms with Gasteiger partial charge in [-0.1, -0.05) is 44.0 Å². The zero-order valence-corrected chi connectivity index (χ0v) is 13.9. The Morgan fingerprint density at radius 2 is 1.75 bits per heavy atom. The van der Waals surface area contributed by atoms with Crippen LogP contribution in [0.15, 0.2) is 45.3 Å². The molecular formula is C15H13Br2F2N. The zero-order chi connectivity index (χ0) is 14.7. The van der Waals surface area contributed by atoms with E-state index in [-0.39, 0.29) is 6.04 Å². The van der Waals surface area contributed by atoms with Gasteiger partial charge in [-0.25, -0.2) is 8.78 Å². The topological polar surface area (TPSA) is 12.0 Å². The van der Waals surface area contributed by atoms with Crippen molar-refractivity contribution in [2.24, 2.45) is 0 Å². The lowest BCUT2D eigenvalue weighted by Crippen LogP contribution is -2.19. The average Bonchev–Trinajstić information content (AvgIpc) is 2.39. The number of nitrogens with one attached hydrogen (secondary N) is 1. The second-order valence-electron chi connectivity index (χ2n) is 4.46. The number of rotatable bonds is 4. The molecule has 1 nitrogen and oxygen atoms in total. The van der Waals surface area contributed by atoms with E-state index in [1.807, 2.05) is 18.2 Å². The third-order valence-electron chi connectivity index (χ3n) is 3.09. The van der Waals surface area contributed by atoms with E-state index in [1.165, 1.54) is 6.07 Å². The molecule has 0 aromatic heterocycles. The Labute approximate surface area is 133 Å². The van der Waals surface area contributed by atoms with Crippen LogP contribution in [0, 0.1) is 11.6 Å². The highest BCUT2D eigenvalue weighted by Gasteiger charge is 2.15. The third-order valence-corrected chi connectivity index (χ3v) is 4.01. The summed E-state index contributed by atoms with van der Waals surface area (Å²) in [4.78, 5) is 0. The Balaban J connectivity index is 2.31. The zero-order valence-electron chi connectivity index (χ0n) is 10.8. The van der Waals surface area contributed by atoms with Crippen molar-refractivity contribution in [3.8, 4) is 0 Å². The Hall–Kier alpha value is -0.780. The summed E-state index contributed by atoms with van der Waals surface area (Å²) in [6, 6.07) is 10.0. The number of halogens is 4.